The van der Waals surface area contributed by atoms with E-state index in [0.717, 1.165) is 5.75 Å². The summed E-state index contributed by atoms with van der Waals surface area (Å²) in [6, 6.07) is 15.9. The number of thioether (sulfide) groups is 1. The number of halogens is 1. The average molecular weight is 372 g/mol. The molecule has 6 heteroatoms. The molecule has 0 bridgehead atoms. The van der Waals surface area contributed by atoms with E-state index in [0.29, 0.717) is 31.0 Å². The first-order chi connectivity index (χ1) is 12.6. The van der Waals surface area contributed by atoms with Crippen molar-refractivity contribution < 1.29 is 14.0 Å². The Labute approximate surface area is 156 Å². The Kier molecular flexibility index (Phi) is 6.28. The zero-order valence-corrected chi connectivity index (χ0v) is 15.2. The van der Waals surface area contributed by atoms with Crippen LogP contribution >= 0.6 is 11.8 Å². The minimum atomic E-state index is -0.322. The second-order valence-electron chi connectivity index (χ2n) is 6.33. The summed E-state index contributed by atoms with van der Waals surface area (Å²) in [5, 5.41) is 2.91. The summed E-state index contributed by atoms with van der Waals surface area (Å²) >= 11 is 1.57. The minimum absolute atomic E-state index is 0.00862. The highest BCUT2D eigenvalue weighted by molar-refractivity contribution is 7.99. The maximum atomic E-state index is 13.0. The number of carbonyl (C=O) groups is 2. The molecule has 1 saturated heterocycles. The lowest BCUT2D eigenvalue weighted by Crippen LogP contribution is -2.32. The van der Waals surface area contributed by atoms with Crippen molar-refractivity contribution in [2.24, 2.45) is 5.92 Å². The molecule has 2 aromatic carbocycles. The first-order valence-electron chi connectivity index (χ1n) is 8.56. The van der Waals surface area contributed by atoms with Gasteiger partial charge in [0.05, 0.1) is 5.75 Å². The van der Waals surface area contributed by atoms with Gasteiger partial charge in [0.15, 0.2) is 0 Å². The van der Waals surface area contributed by atoms with Gasteiger partial charge in [-0.25, -0.2) is 4.39 Å². The Bertz CT molecular complexity index is 752. The van der Waals surface area contributed by atoms with Crippen LogP contribution in [0.1, 0.15) is 12.0 Å². The van der Waals surface area contributed by atoms with E-state index in [2.05, 4.69) is 5.32 Å². The molecule has 0 saturated carbocycles. The van der Waals surface area contributed by atoms with Crippen molar-refractivity contribution in [3.63, 3.8) is 0 Å². The van der Waals surface area contributed by atoms with Crippen molar-refractivity contribution in [1.29, 1.82) is 0 Å². The molecule has 4 nitrogen and oxygen atoms in total. The monoisotopic (exact) mass is 372 g/mol. The van der Waals surface area contributed by atoms with E-state index in [1.165, 1.54) is 17.7 Å². The van der Waals surface area contributed by atoms with E-state index in [9.17, 15) is 14.0 Å². The molecule has 1 aliphatic rings. The van der Waals surface area contributed by atoms with Crippen LogP contribution in [0.4, 0.5) is 10.1 Å². The number of nitrogens with zero attached hydrogens (tertiary/aromatic N) is 1. The van der Waals surface area contributed by atoms with E-state index < -0.39 is 0 Å². The lowest BCUT2D eigenvalue weighted by molar-refractivity contribution is -0.119. The summed E-state index contributed by atoms with van der Waals surface area (Å²) in [5.74, 6) is 0.951. The molecule has 1 unspecified atom stereocenters. The zero-order valence-electron chi connectivity index (χ0n) is 14.4. The molecule has 2 amide bonds. The molecule has 2 aromatic rings. The Morgan fingerprint density at radius 3 is 2.62 bits per heavy atom. The number of hydrogen-bond acceptors (Lipinski definition) is 3. The number of amides is 2. The lowest BCUT2D eigenvalue weighted by atomic mass is 10.1. The van der Waals surface area contributed by atoms with Crippen LogP contribution in [0, 0.1) is 11.7 Å². The van der Waals surface area contributed by atoms with Crippen LogP contribution in [0.3, 0.4) is 0 Å². The summed E-state index contributed by atoms with van der Waals surface area (Å²) in [6.45, 7) is 1.02. The van der Waals surface area contributed by atoms with Crippen LogP contribution in [-0.2, 0) is 15.3 Å². The lowest BCUT2D eigenvalue weighted by Gasteiger charge is -2.17. The smallest absolute Gasteiger partial charge is 0.230 e. The molecule has 0 aromatic heterocycles. The first kappa shape index (κ1) is 18.5. The molecular formula is C20H21FN2O2S. The molecule has 136 valence electrons. The number of nitrogens with one attached hydrogen (secondary N) is 1. The minimum Gasteiger partial charge on any atom is -0.355 e. The van der Waals surface area contributed by atoms with Gasteiger partial charge in [0, 0.05) is 36.9 Å². The highest BCUT2D eigenvalue weighted by Crippen LogP contribution is 2.24. The molecule has 3 rings (SSSR count). The normalized spacial score (nSPS) is 16.7. The molecule has 1 aliphatic heterocycles. The van der Waals surface area contributed by atoms with Gasteiger partial charge in [-0.3, -0.25) is 9.59 Å². The Hall–Kier alpha value is -2.34. The quantitative estimate of drug-likeness (QED) is 0.812. The van der Waals surface area contributed by atoms with Crippen LogP contribution < -0.4 is 10.2 Å². The summed E-state index contributed by atoms with van der Waals surface area (Å²) in [5.41, 5.74) is 1.89. The third kappa shape index (κ3) is 5.08. The van der Waals surface area contributed by atoms with Gasteiger partial charge in [-0.05, 0) is 29.8 Å². The number of carbonyl (C=O) groups excluding carboxylic acids is 2. The standard InChI is InChI=1S/C20H21FN2O2S/c21-17-6-8-18(9-7-17)23-12-16(10-20(23)25)11-22-19(24)14-26-13-15-4-2-1-3-5-15/h1-9,16H,10-14H2,(H,22,24). The number of hydrogen-bond donors (Lipinski definition) is 1. The fourth-order valence-electron chi connectivity index (χ4n) is 2.93. The van der Waals surface area contributed by atoms with Crippen LogP contribution in [0.5, 0.6) is 0 Å². The van der Waals surface area contributed by atoms with Crippen molar-refractivity contribution in [2.75, 3.05) is 23.7 Å². The highest BCUT2D eigenvalue weighted by Gasteiger charge is 2.30. The van der Waals surface area contributed by atoms with Gasteiger partial charge in [0.1, 0.15) is 5.82 Å². The molecule has 0 radical (unpaired) electrons. The van der Waals surface area contributed by atoms with Gasteiger partial charge < -0.3 is 10.2 Å². The van der Waals surface area contributed by atoms with Crippen molar-refractivity contribution in [2.45, 2.75) is 12.2 Å². The maximum Gasteiger partial charge on any atom is 0.230 e. The fraction of sp³-hybridized carbons (Fsp3) is 0.300. The van der Waals surface area contributed by atoms with Crippen LogP contribution in [0.15, 0.2) is 54.6 Å². The van der Waals surface area contributed by atoms with Gasteiger partial charge in [-0.15, -0.1) is 11.8 Å². The Balaban J connectivity index is 1.40. The van der Waals surface area contributed by atoms with Crippen molar-refractivity contribution >= 4 is 29.3 Å². The molecule has 1 heterocycles. The predicted octanol–water partition coefficient (Wildman–Crippen LogP) is 3.23. The van der Waals surface area contributed by atoms with Crippen molar-refractivity contribution in [3.05, 3.63) is 66.0 Å². The molecule has 0 spiro atoms. The van der Waals surface area contributed by atoms with E-state index in [1.54, 1.807) is 28.8 Å². The highest BCUT2D eigenvalue weighted by atomic mass is 32.2. The molecule has 1 atom stereocenters. The third-order valence-corrected chi connectivity index (χ3v) is 5.28. The van der Waals surface area contributed by atoms with Gasteiger partial charge in [-0.2, -0.15) is 0 Å². The second kappa shape index (κ2) is 8.85. The summed E-state index contributed by atoms with van der Waals surface area (Å²) in [7, 11) is 0. The Morgan fingerprint density at radius 1 is 1.15 bits per heavy atom. The number of anilines is 1. The maximum absolute atomic E-state index is 13.0. The van der Waals surface area contributed by atoms with Crippen LogP contribution in [0.2, 0.25) is 0 Å². The molecule has 0 aliphatic carbocycles. The van der Waals surface area contributed by atoms with Gasteiger partial charge >= 0.3 is 0 Å². The molecule has 26 heavy (non-hydrogen) atoms. The average Bonchev–Trinajstić information content (AvgIpc) is 3.02. The number of benzene rings is 2. The number of rotatable bonds is 7. The third-order valence-electron chi connectivity index (χ3n) is 4.28. The summed E-state index contributed by atoms with van der Waals surface area (Å²) in [4.78, 5) is 25.8. The van der Waals surface area contributed by atoms with Crippen LogP contribution in [0.25, 0.3) is 0 Å². The molecule has 1 N–H and O–H groups in total. The SMILES string of the molecule is O=C(CSCc1ccccc1)NCC1CC(=O)N(c2ccc(F)cc2)C1. The Morgan fingerprint density at radius 2 is 1.88 bits per heavy atom. The van der Waals surface area contributed by atoms with Crippen molar-refractivity contribution in [3.8, 4) is 0 Å². The van der Waals surface area contributed by atoms with E-state index in [-0.39, 0.29) is 23.5 Å². The summed E-state index contributed by atoms with van der Waals surface area (Å²) in [6.07, 6.45) is 0.398. The summed E-state index contributed by atoms with van der Waals surface area (Å²) < 4.78 is 13.0. The predicted molar refractivity (Wildman–Crippen MR) is 102 cm³/mol. The molecular weight excluding hydrogens is 351 g/mol. The topological polar surface area (TPSA) is 49.4 Å². The van der Waals surface area contributed by atoms with E-state index in [1.807, 2.05) is 30.3 Å². The first-order valence-corrected chi connectivity index (χ1v) is 9.71. The van der Waals surface area contributed by atoms with Gasteiger partial charge in [-0.1, -0.05) is 30.3 Å². The van der Waals surface area contributed by atoms with E-state index >= 15 is 0 Å². The fourth-order valence-corrected chi connectivity index (χ4v) is 3.75. The zero-order chi connectivity index (χ0) is 18.4. The molecule has 1 fully saturated rings. The van der Waals surface area contributed by atoms with Crippen LogP contribution in [-0.4, -0.2) is 30.7 Å². The van der Waals surface area contributed by atoms with Gasteiger partial charge in [0.25, 0.3) is 0 Å². The van der Waals surface area contributed by atoms with Gasteiger partial charge in [0.2, 0.25) is 11.8 Å². The largest absolute Gasteiger partial charge is 0.355 e. The van der Waals surface area contributed by atoms with E-state index in [4.69, 9.17) is 0 Å². The second-order valence-corrected chi connectivity index (χ2v) is 7.32. The van der Waals surface area contributed by atoms with Crippen molar-refractivity contribution in [1.82, 2.24) is 5.32 Å².